The number of hydrogen-bond donors (Lipinski definition) is 3. The van der Waals surface area contributed by atoms with Crippen LogP contribution >= 0.6 is 0 Å². The second-order valence-corrected chi connectivity index (χ2v) is 5.85. The fourth-order valence-electron chi connectivity index (χ4n) is 2.71. The summed E-state index contributed by atoms with van der Waals surface area (Å²) in [6, 6.07) is 1.46. The van der Waals surface area contributed by atoms with Gasteiger partial charge >= 0.3 is 6.03 Å². The maximum atomic E-state index is 14.2. The third-order valence-corrected chi connectivity index (χ3v) is 3.89. The fourth-order valence-corrected chi connectivity index (χ4v) is 2.71. The van der Waals surface area contributed by atoms with Crippen molar-refractivity contribution in [2.75, 3.05) is 29.9 Å². The monoisotopic (exact) mass is 327 g/mol. The molecule has 0 radical (unpaired) electrons. The van der Waals surface area contributed by atoms with Crippen molar-refractivity contribution in [3.8, 4) is 0 Å². The Morgan fingerprint density at radius 2 is 1.87 bits per heavy atom. The van der Waals surface area contributed by atoms with Crippen molar-refractivity contribution in [3.05, 3.63) is 23.8 Å². The molecule has 0 aliphatic carbocycles. The second kappa shape index (κ2) is 8.10. The third-order valence-electron chi connectivity index (χ3n) is 3.89. The minimum Gasteiger partial charge on any atom is -0.396 e. The van der Waals surface area contributed by atoms with Crippen LogP contribution in [0.2, 0.25) is 0 Å². The molecule has 23 heavy (non-hydrogen) atoms. The first-order chi connectivity index (χ1) is 11.0. The van der Waals surface area contributed by atoms with Crippen LogP contribution in [-0.2, 0) is 0 Å². The van der Waals surface area contributed by atoms with Gasteiger partial charge in [0, 0.05) is 31.4 Å². The molecule has 0 aromatic heterocycles. The highest BCUT2D eigenvalue weighted by Crippen LogP contribution is 2.29. The Bertz CT molecular complexity index is 525. The Hall–Kier alpha value is -1.89. The Morgan fingerprint density at radius 3 is 2.43 bits per heavy atom. The Morgan fingerprint density at radius 1 is 1.26 bits per heavy atom. The molecule has 1 aliphatic heterocycles. The lowest BCUT2D eigenvalue weighted by Gasteiger charge is -2.29. The van der Waals surface area contributed by atoms with Gasteiger partial charge in [0.05, 0.1) is 0 Å². The summed E-state index contributed by atoms with van der Waals surface area (Å²) in [5.74, 6) is -1.35. The van der Waals surface area contributed by atoms with Gasteiger partial charge in [-0.05, 0) is 44.7 Å². The zero-order valence-corrected chi connectivity index (χ0v) is 13.2. The highest BCUT2D eigenvalue weighted by molar-refractivity contribution is 5.89. The SMILES string of the molecule is C[C@H](CCO)NC(=O)Nc1cc(F)c(N2CCCCC2)c(F)c1. The van der Waals surface area contributed by atoms with Gasteiger partial charge in [-0.25, -0.2) is 13.6 Å². The number of amides is 2. The van der Waals surface area contributed by atoms with Gasteiger partial charge in [-0.3, -0.25) is 0 Å². The predicted octanol–water partition coefficient (Wildman–Crippen LogP) is 2.85. The van der Waals surface area contributed by atoms with Crippen molar-refractivity contribution in [1.29, 1.82) is 0 Å². The van der Waals surface area contributed by atoms with Crippen LogP contribution in [0.1, 0.15) is 32.6 Å². The van der Waals surface area contributed by atoms with E-state index in [1.807, 2.05) is 0 Å². The van der Waals surface area contributed by atoms with E-state index in [2.05, 4.69) is 10.6 Å². The number of nitrogens with one attached hydrogen (secondary N) is 2. The first kappa shape index (κ1) is 17.5. The van der Waals surface area contributed by atoms with E-state index in [1.165, 1.54) is 0 Å². The van der Waals surface area contributed by atoms with Crippen LogP contribution in [0.5, 0.6) is 0 Å². The zero-order valence-electron chi connectivity index (χ0n) is 13.2. The van der Waals surface area contributed by atoms with Gasteiger partial charge in [0.2, 0.25) is 0 Å². The van der Waals surface area contributed by atoms with Crippen molar-refractivity contribution >= 4 is 17.4 Å². The van der Waals surface area contributed by atoms with Crippen LogP contribution in [0.4, 0.5) is 25.0 Å². The minimum absolute atomic E-state index is 0.0238. The number of aliphatic hydroxyl groups excluding tert-OH is 1. The van der Waals surface area contributed by atoms with Gasteiger partial charge in [-0.15, -0.1) is 0 Å². The molecule has 0 spiro atoms. The molecule has 7 heteroatoms. The lowest BCUT2D eigenvalue weighted by molar-refractivity contribution is 0.241. The average Bonchev–Trinajstić information content (AvgIpc) is 2.47. The molecule has 1 heterocycles. The zero-order chi connectivity index (χ0) is 16.8. The molecule has 0 unspecified atom stereocenters. The number of urea groups is 1. The van der Waals surface area contributed by atoms with Gasteiger partial charge in [-0.1, -0.05) is 0 Å². The highest BCUT2D eigenvalue weighted by atomic mass is 19.1. The van der Waals surface area contributed by atoms with Crippen LogP contribution in [0.25, 0.3) is 0 Å². The number of rotatable bonds is 5. The molecular weight excluding hydrogens is 304 g/mol. The molecule has 1 aromatic carbocycles. The molecule has 1 atom stereocenters. The molecule has 2 rings (SSSR count). The average molecular weight is 327 g/mol. The molecule has 128 valence electrons. The van der Waals surface area contributed by atoms with Crippen molar-refractivity contribution in [2.45, 2.75) is 38.6 Å². The number of nitrogens with zero attached hydrogens (tertiary/aromatic N) is 1. The van der Waals surface area contributed by atoms with Gasteiger partial charge in [-0.2, -0.15) is 0 Å². The molecule has 0 bridgehead atoms. The summed E-state index contributed by atoms with van der Waals surface area (Å²) in [5.41, 5.74) is 0.0405. The maximum Gasteiger partial charge on any atom is 0.319 e. The Labute approximate surface area is 134 Å². The lowest BCUT2D eigenvalue weighted by atomic mass is 10.1. The quantitative estimate of drug-likeness (QED) is 0.779. The summed E-state index contributed by atoms with van der Waals surface area (Å²) in [6.07, 6.45) is 3.32. The summed E-state index contributed by atoms with van der Waals surface area (Å²) in [5, 5.41) is 13.8. The summed E-state index contributed by atoms with van der Waals surface area (Å²) < 4.78 is 28.5. The normalized spacial score (nSPS) is 16.1. The van der Waals surface area contributed by atoms with Crippen LogP contribution < -0.4 is 15.5 Å². The maximum absolute atomic E-state index is 14.2. The first-order valence-electron chi connectivity index (χ1n) is 7.93. The number of piperidine rings is 1. The number of carbonyl (C=O) groups excluding carboxylic acids is 1. The minimum atomic E-state index is -0.675. The number of anilines is 2. The van der Waals surface area contributed by atoms with Crippen molar-refractivity contribution < 1.29 is 18.7 Å². The number of benzene rings is 1. The van der Waals surface area contributed by atoms with Crippen LogP contribution in [0.15, 0.2) is 12.1 Å². The van der Waals surface area contributed by atoms with Gasteiger partial charge in [0.1, 0.15) is 5.69 Å². The topological polar surface area (TPSA) is 64.6 Å². The second-order valence-electron chi connectivity index (χ2n) is 5.85. The van der Waals surface area contributed by atoms with E-state index < -0.39 is 17.7 Å². The van der Waals surface area contributed by atoms with Gasteiger partial charge in [0.25, 0.3) is 0 Å². The van der Waals surface area contributed by atoms with E-state index in [0.717, 1.165) is 31.4 Å². The Kier molecular flexibility index (Phi) is 6.15. The summed E-state index contributed by atoms with van der Waals surface area (Å²) in [4.78, 5) is 13.5. The van der Waals surface area contributed by atoms with E-state index in [9.17, 15) is 13.6 Å². The van der Waals surface area contributed by atoms with Gasteiger partial charge in [0.15, 0.2) is 11.6 Å². The number of aliphatic hydroxyl groups is 1. The number of carbonyl (C=O) groups is 1. The van der Waals surface area contributed by atoms with Crippen LogP contribution in [0, 0.1) is 11.6 Å². The summed E-state index contributed by atoms with van der Waals surface area (Å²) in [6.45, 7) is 2.96. The number of halogens is 2. The van der Waals surface area contributed by atoms with E-state index in [1.54, 1.807) is 11.8 Å². The first-order valence-corrected chi connectivity index (χ1v) is 7.93. The molecule has 1 aliphatic rings. The molecule has 2 amide bonds. The molecule has 3 N–H and O–H groups in total. The Balaban J connectivity index is 2.05. The predicted molar refractivity (Wildman–Crippen MR) is 85.7 cm³/mol. The van der Waals surface area contributed by atoms with Crippen LogP contribution in [-0.4, -0.2) is 36.9 Å². The fraction of sp³-hybridized carbons (Fsp3) is 0.562. The summed E-state index contributed by atoms with van der Waals surface area (Å²) in [7, 11) is 0. The highest BCUT2D eigenvalue weighted by Gasteiger charge is 2.20. The van der Waals surface area contributed by atoms with Crippen molar-refractivity contribution in [1.82, 2.24) is 5.32 Å². The van der Waals surface area contributed by atoms with E-state index in [4.69, 9.17) is 5.11 Å². The molecule has 1 aromatic rings. The molecule has 1 fully saturated rings. The lowest BCUT2D eigenvalue weighted by Crippen LogP contribution is -2.36. The van der Waals surface area contributed by atoms with Crippen molar-refractivity contribution in [3.63, 3.8) is 0 Å². The van der Waals surface area contributed by atoms with E-state index >= 15 is 0 Å². The molecule has 1 saturated heterocycles. The number of hydrogen-bond acceptors (Lipinski definition) is 3. The van der Waals surface area contributed by atoms with Crippen LogP contribution in [0.3, 0.4) is 0 Å². The standard InChI is InChI=1S/C16H23F2N3O2/c1-11(5-8-22)19-16(23)20-12-9-13(17)15(14(18)10-12)21-6-3-2-4-7-21/h9-11,22H,2-8H2,1H3,(H2,19,20,23)/t11-/m1/s1. The molecule has 0 saturated carbocycles. The molecular formula is C16H23F2N3O2. The smallest absolute Gasteiger partial charge is 0.319 e. The van der Waals surface area contributed by atoms with Gasteiger partial charge < -0.3 is 20.6 Å². The third kappa shape index (κ3) is 4.79. The van der Waals surface area contributed by atoms with Crippen molar-refractivity contribution in [2.24, 2.45) is 0 Å². The van der Waals surface area contributed by atoms with E-state index in [0.29, 0.717) is 19.5 Å². The van der Waals surface area contributed by atoms with E-state index in [-0.39, 0.29) is 24.0 Å². The largest absolute Gasteiger partial charge is 0.396 e. The summed E-state index contributed by atoms with van der Waals surface area (Å²) >= 11 is 0. The molecule has 5 nitrogen and oxygen atoms in total.